The SMILES string of the molecule is CC(c1cccc(Cl)c1)N(C)c1cc(Cl)ccc1CBr. The van der Waals surface area contributed by atoms with E-state index in [0.29, 0.717) is 0 Å². The van der Waals surface area contributed by atoms with Crippen molar-refractivity contribution in [2.75, 3.05) is 11.9 Å². The molecule has 0 heterocycles. The van der Waals surface area contributed by atoms with Gasteiger partial charge < -0.3 is 4.90 Å². The molecule has 0 aliphatic heterocycles. The van der Waals surface area contributed by atoms with Gasteiger partial charge in [-0.3, -0.25) is 0 Å². The van der Waals surface area contributed by atoms with Gasteiger partial charge in [-0.2, -0.15) is 0 Å². The second-order valence-electron chi connectivity index (χ2n) is 4.75. The van der Waals surface area contributed by atoms with Gasteiger partial charge in [0.25, 0.3) is 0 Å². The van der Waals surface area contributed by atoms with E-state index in [1.165, 1.54) is 11.1 Å². The second kappa shape index (κ2) is 6.84. The first-order valence-corrected chi connectivity index (χ1v) is 8.23. The first kappa shape index (κ1) is 15.7. The van der Waals surface area contributed by atoms with Crippen molar-refractivity contribution in [3.63, 3.8) is 0 Å². The van der Waals surface area contributed by atoms with Crippen molar-refractivity contribution < 1.29 is 0 Å². The lowest BCUT2D eigenvalue weighted by atomic mass is 10.1. The normalized spacial score (nSPS) is 12.2. The summed E-state index contributed by atoms with van der Waals surface area (Å²) in [4.78, 5) is 2.22. The zero-order chi connectivity index (χ0) is 14.7. The molecule has 1 unspecified atom stereocenters. The number of anilines is 1. The second-order valence-corrected chi connectivity index (χ2v) is 6.18. The lowest BCUT2D eigenvalue weighted by Crippen LogP contribution is -2.22. The number of nitrogens with zero attached hydrogens (tertiary/aromatic N) is 1. The quantitative estimate of drug-likeness (QED) is 0.587. The third-order valence-electron chi connectivity index (χ3n) is 3.48. The third kappa shape index (κ3) is 3.49. The van der Waals surface area contributed by atoms with Gasteiger partial charge in [-0.05, 0) is 42.3 Å². The Morgan fingerprint density at radius 2 is 1.80 bits per heavy atom. The number of hydrogen-bond acceptors (Lipinski definition) is 1. The molecular formula is C16H16BrCl2N. The molecule has 0 aliphatic carbocycles. The summed E-state index contributed by atoms with van der Waals surface area (Å²) in [5.41, 5.74) is 3.52. The van der Waals surface area contributed by atoms with Gasteiger partial charge in [-0.25, -0.2) is 0 Å². The van der Waals surface area contributed by atoms with Gasteiger partial charge in [-0.1, -0.05) is 57.3 Å². The van der Waals surface area contributed by atoms with Crippen molar-refractivity contribution in [3.8, 4) is 0 Å². The molecule has 0 fully saturated rings. The Balaban J connectivity index is 2.35. The third-order valence-corrected chi connectivity index (χ3v) is 4.56. The van der Waals surface area contributed by atoms with Crippen LogP contribution in [0.4, 0.5) is 5.69 Å². The van der Waals surface area contributed by atoms with Gasteiger partial charge in [0, 0.05) is 28.1 Å². The van der Waals surface area contributed by atoms with Gasteiger partial charge in [0.15, 0.2) is 0 Å². The van der Waals surface area contributed by atoms with Crippen LogP contribution in [-0.2, 0) is 5.33 Å². The van der Waals surface area contributed by atoms with Crippen LogP contribution in [0, 0.1) is 0 Å². The molecule has 2 aromatic carbocycles. The summed E-state index contributed by atoms with van der Waals surface area (Å²) in [7, 11) is 2.07. The standard InChI is InChI=1S/C16H16BrCl2N/c1-11(12-4-3-5-14(18)8-12)20(2)16-9-15(19)7-6-13(16)10-17/h3-9,11H,10H2,1-2H3. The number of benzene rings is 2. The van der Waals surface area contributed by atoms with Crippen molar-refractivity contribution in [2.45, 2.75) is 18.3 Å². The Bertz CT molecular complexity index is 601. The summed E-state index contributed by atoms with van der Waals surface area (Å²) in [5, 5.41) is 2.30. The molecule has 106 valence electrons. The lowest BCUT2D eigenvalue weighted by molar-refractivity contribution is 0.737. The van der Waals surface area contributed by atoms with E-state index in [1.807, 2.05) is 36.4 Å². The molecule has 0 spiro atoms. The minimum Gasteiger partial charge on any atom is -0.368 e. The van der Waals surface area contributed by atoms with Crippen LogP contribution in [0.15, 0.2) is 42.5 Å². The average Bonchev–Trinajstić information content (AvgIpc) is 2.45. The first-order chi connectivity index (χ1) is 9.52. The van der Waals surface area contributed by atoms with E-state index >= 15 is 0 Å². The molecule has 2 aromatic rings. The van der Waals surface area contributed by atoms with E-state index in [0.717, 1.165) is 21.1 Å². The van der Waals surface area contributed by atoms with Crippen LogP contribution in [0.3, 0.4) is 0 Å². The summed E-state index contributed by atoms with van der Waals surface area (Å²) in [6, 6.07) is 14.1. The monoisotopic (exact) mass is 371 g/mol. The van der Waals surface area contributed by atoms with Gasteiger partial charge in [0.05, 0.1) is 6.04 Å². The van der Waals surface area contributed by atoms with E-state index < -0.39 is 0 Å². The molecule has 2 rings (SSSR count). The molecule has 0 saturated heterocycles. The number of rotatable bonds is 4. The van der Waals surface area contributed by atoms with Gasteiger partial charge in [0.1, 0.15) is 0 Å². The van der Waals surface area contributed by atoms with Crippen molar-refractivity contribution in [2.24, 2.45) is 0 Å². The van der Waals surface area contributed by atoms with E-state index in [2.05, 4.69) is 40.9 Å². The zero-order valence-electron chi connectivity index (χ0n) is 11.4. The fraction of sp³-hybridized carbons (Fsp3) is 0.250. The minimum absolute atomic E-state index is 0.213. The maximum atomic E-state index is 6.13. The molecule has 0 aromatic heterocycles. The van der Waals surface area contributed by atoms with Crippen LogP contribution < -0.4 is 4.90 Å². The number of hydrogen-bond donors (Lipinski definition) is 0. The predicted octanol–water partition coefficient (Wildman–Crippen LogP) is 6.09. The first-order valence-electron chi connectivity index (χ1n) is 6.35. The molecular weight excluding hydrogens is 357 g/mol. The average molecular weight is 373 g/mol. The smallest absolute Gasteiger partial charge is 0.0511 e. The van der Waals surface area contributed by atoms with Crippen LogP contribution in [0.1, 0.15) is 24.1 Å². The topological polar surface area (TPSA) is 3.24 Å². The highest BCUT2D eigenvalue weighted by Gasteiger charge is 2.15. The molecule has 20 heavy (non-hydrogen) atoms. The Hall–Kier alpha value is -0.700. The lowest BCUT2D eigenvalue weighted by Gasteiger charge is -2.29. The summed E-state index contributed by atoms with van der Waals surface area (Å²) < 4.78 is 0. The van der Waals surface area contributed by atoms with Crippen molar-refractivity contribution in [1.82, 2.24) is 0 Å². The Morgan fingerprint density at radius 3 is 2.45 bits per heavy atom. The number of halogens is 3. The van der Waals surface area contributed by atoms with Crippen molar-refractivity contribution >= 4 is 44.8 Å². The van der Waals surface area contributed by atoms with Crippen LogP contribution in [0.5, 0.6) is 0 Å². The predicted molar refractivity (Wildman–Crippen MR) is 92.4 cm³/mol. The molecule has 0 saturated carbocycles. The molecule has 0 aliphatic rings. The fourth-order valence-corrected chi connectivity index (χ4v) is 3.02. The van der Waals surface area contributed by atoms with Crippen molar-refractivity contribution in [1.29, 1.82) is 0 Å². The molecule has 1 atom stereocenters. The maximum absolute atomic E-state index is 6.13. The molecule has 0 bridgehead atoms. The highest BCUT2D eigenvalue weighted by Crippen LogP contribution is 2.32. The van der Waals surface area contributed by atoms with Crippen LogP contribution >= 0.6 is 39.1 Å². The Morgan fingerprint density at radius 1 is 1.10 bits per heavy atom. The van der Waals surface area contributed by atoms with Gasteiger partial charge >= 0.3 is 0 Å². The molecule has 1 nitrogen and oxygen atoms in total. The molecule has 0 radical (unpaired) electrons. The van der Waals surface area contributed by atoms with Crippen LogP contribution in [-0.4, -0.2) is 7.05 Å². The van der Waals surface area contributed by atoms with Crippen molar-refractivity contribution in [3.05, 3.63) is 63.6 Å². The Labute approximate surface area is 138 Å². The number of alkyl halides is 1. The Kier molecular flexibility index (Phi) is 5.36. The largest absolute Gasteiger partial charge is 0.368 e. The molecule has 0 N–H and O–H groups in total. The highest BCUT2D eigenvalue weighted by atomic mass is 79.9. The molecule has 0 amide bonds. The summed E-state index contributed by atoms with van der Waals surface area (Å²) in [5.74, 6) is 0. The van der Waals surface area contributed by atoms with Crippen LogP contribution in [0.2, 0.25) is 10.0 Å². The summed E-state index contributed by atoms with van der Waals surface area (Å²) >= 11 is 15.7. The summed E-state index contributed by atoms with van der Waals surface area (Å²) in [6.07, 6.45) is 0. The minimum atomic E-state index is 0.213. The molecule has 4 heteroatoms. The fourth-order valence-electron chi connectivity index (χ4n) is 2.18. The summed E-state index contributed by atoms with van der Waals surface area (Å²) in [6.45, 7) is 2.16. The highest BCUT2D eigenvalue weighted by molar-refractivity contribution is 9.08. The van der Waals surface area contributed by atoms with E-state index in [-0.39, 0.29) is 6.04 Å². The maximum Gasteiger partial charge on any atom is 0.0511 e. The van der Waals surface area contributed by atoms with E-state index in [1.54, 1.807) is 0 Å². The van der Waals surface area contributed by atoms with E-state index in [4.69, 9.17) is 23.2 Å². The van der Waals surface area contributed by atoms with Gasteiger partial charge in [0.2, 0.25) is 0 Å². The van der Waals surface area contributed by atoms with Crippen LogP contribution in [0.25, 0.3) is 0 Å². The van der Waals surface area contributed by atoms with E-state index in [9.17, 15) is 0 Å². The zero-order valence-corrected chi connectivity index (χ0v) is 14.5. The van der Waals surface area contributed by atoms with Gasteiger partial charge in [-0.15, -0.1) is 0 Å².